The van der Waals surface area contributed by atoms with E-state index in [2.05, 4.69) is 63.1 Å². The van der Waals surface area contributed by atoms with Crippen molar-refractivity contribution in [3.8, 4) is 0 Å². The van der Waals surface area contributed by atoms with Crippen LogP contribution in [0.2, 0.25) is 0 Å². The zero-order valence-corrected chi connectivity index (χ0v) is 12.3. The van der Waals surface area contributed by atoms with Crippen LogP contribution >= 0.6 is 0 Å². The molecule has 1 unspecified atom stereocenters. The molecule has 0 bridgehead atoms. The molecule has 0 aliphatic carbocycles. The van der Waals surface area contributed by atoms with Crippen molar-refractivity contribution >= 4 is 0 Å². The maximum atomic E-state index is 6.02. The Morgan fingerprint density at radius 3 is 2.33 bits per heavy atom. The van der Waals surface area contributed by atoms with Crippen LogP contribution in [-0.2, 0) is 6.42 Å². The lowest BCUT2D eigenvalue weighted by atomic mass is 9.91. The predicted octanol–water partition coefficient (Wildman–Crippen LogP) is 2.92. The summed E-state index contributed by atoms with van der Waals surface area (Å²) in [4.78, 5) is 2.42. The highest BCUT2D eigenvalue weighted by molar-refractivity contribution is 5.17. The smallest absolute Gasteiger partial charge is 0.0340 e. The van der Waals surface area contributed by atoms with E-state index in [1.54, 1.807) is 0 Å². The molecule has 2 heteroatoms. The van der Waals surface area contributed by atoms with Gasteiger partial charge in [0.25, 0.3) is 0 Å². The molecule has 2 N–H and O–H groups in total. The molecule has 0 radical (unpaired) electrons. The van der Waals surface area contributed by atoms with E-state index in [4.69, 9.17) is 5.73 Å². The van der Waals surface area contributed by atoms with Gasteiger partial charge in [0.05, 0.1) is 0 Å². The van der Waals surface area contributed by atoms with E-state index >= 15 is 0 Å². The first-order valence-corrected chi connectivity index (χ1v) is 6.93. The van der Waals surface area contributed by atoms with Gasteiger partial charge in [-0.05, 0) is 44.8 Å². The summed E-state index contributed by atoms with van der Waals surface area (Å²) in [5, 5.41) is 0. The SMILES string of the molecule is CC(C)CCN(C)C(C)(CN)Cc1ccccc1. The highest BCUT2D eigenvalue weighted by atomic mass is 15.2. The molecule has 0 saturated carbocycles. The third kappa shape index (κ3) is 4.43. The van der Waals surface area contributed by atoms with Crippen LogP contribution < -0.4 is 5.73 Å². The van der Waals surface area contributed by atoms with E-state index in [-0.39, 0.29) is 5.54 Å². The lowest BCUT2D eigenvalue weighted by Gasteiger charge is -2.38. The van der Waals surface area contributed by atoms with Gasteiger partial charge >= 0.3 is 0 Å². The van der Waals surface area contributed by atoms with Gasteiger partial charge in [0.15, 0.2) is 0 Å². The molecular weight excluding hydrogens is 220 g/mol. The summed E-state index contributed by atoms with van der Waals surface area (Å²) in [5.74, 6) is 0.742. The van der Waals surface area contributed by atoms with Crippen molar-refractivity contribution < 1.29 is 0 Å². The number of benzene rings is 1. The van der Waals surface area contributed by atoms with Gasteiger partial charge in [-0.2, -0.15) is 0 Å². The number of hydrogen-bond donors (Lipinski definition) is 1. The molecule has 0 aliphatic heterocycles. The maximum absolute atomic E-state index is 6.02. The van der Waals surface area contributed by atoms with Crippen molar-refractivity contribution in [1.29, 1.82) is 0 Å². The summed E-state index contributed by atoms with van der Waals surface area (Å²) in [6.45, 7) is 8.60. The number of hydrogen-bond acceptors (Lipinski definition) is 2. The molecule has 0 aliphatic rings. The van der Waals surface area contributed by atoms with Crippen LogP contribution in [0.25, 0.3) is 0 Å². The van der Waals surface area contributed by atoms with Crippen molar-refractivity contribution in [3.63, 3.8) is 0 Å². The topological polar surface area (TPSA) is 29.3 Å². The first-order valence-electron chi connectivity index (χ1n) is 6.93. The zero-order valence-electron chi connectivity index (χ0n) is 12.3. The Bertz CT molecular complexity index is 334. The van der Waals surface area contributed by atoms with Gasteiger partial charge in [0, 0.05) is 12.1 Å². The van der Waals surface area contributed by atoms with Gasteiger partial charge in [-0.25, -0.2) is 0 Å². The normalized spacial score (nSPS) is 15.1. The summed E-state index contributed by atoms with van der Waals surface area (Å²) in [6, 6.07) is 10.6. The lowest BCUT2D eigenvalue weighted by Crippen LogP contribution is -2.51. The molecular formula is C16H28N2. The minimum atomic E-state index is 0.0518. The molecule has 0 fully saturated rings. The van der Waals surface area contributed by atoms with Crippen LogP contribution in [0, 0.1) is 5.92 Å². The molecule has 2 nitrogen and oxygen atoms in total. The third-order valence-electron chi connectivity index (χ3n) is 3.83. The molecule has 0 amide bonds. The van der Waals surface area contributed by atoms with E-state index in [1.807, 2.05) is 0 Å². The fourth-order valence-electron chi connectivity index (χ4n) is 2.12. The summed E-state index contributed by atoms with van der Waals surface area (Å²) in [5.41, 5.74) is 7.44. The second-order valence-electron chi connectivity index (χ2n) is 5.97. The molecule has 1 aromatic rings. The highest BCUT2D eigenvalue weighted by Gasteiger charge is 2.27. The van der Waals surface area contributed by atoms with Crippen molar-refractivity contribution in [2.45, 2.75) is 39.2 Å². The van der Waals surface area contributed by atoms with Crippen molar-refractivity contribution in [3.05, 3.63) is 35.9 Å². The fraction of sp³-hybridized carbons (Fsp3) is 0.625. The van der Waals surface area contributed by atoms with Crippen LogP contribution in [0.1, 0.15) is 32.8 Å². The lowest BCUT2D eigenvalue weighted by molar-refractivity contribution is 0.137. The Morgan fingerprint density at radius 1 is 1.22 bits per heavy atom. The standard InChI is InChI=1S/C16H28N2/c1-14(2)10-11-18(4)16(3,13-17)12-15-8-6-5-7-9-15/h5-9,14H,10-13,17H2,1-4H3. The van der Waals surface area contributed by atoms with Crippen LogP contribution in [0.5, 0.6) is 0 Å². The quantitative estimate of drug-likeness (QED) is 0.804. The summed E-state index contributed by atoms with van der Waals surface area (Å²) >= 11 is 0. The first-order chi connectivity index (χ1) is 8.48. The van der Waals surface area contributed by atoms with E-state index in [1.165, 1.54) is 12.0 Å². The number of nitrogens with two attached hydrogens (primary N) is 1. The van der Waals surface area contributed by atoms with Gasteiger partial charge < -0.3 is 5.73 Å². The Hall–Kier alpha value is -0.860. The van der Waals surface area contributed by atoms with Gasteiger partial charge in [-0.3, -0.25) is 4.90 Å². The molecule has 1 aromatic carbocycles. The first kappa shape index (κ1) is 15.2. The minimum Gasteiger partial charge on any atom is -0.329 e. The second-order valence-corrected chi connectivity index (χ2v) is 5.97. The summed E-state index contributed by atoms with van der Waals surface area (Å²) in [7, 11) is 2.19. The van der Waals surface area contributed by atoms with Gasteiger partial charge in [-0.15, -0.1) is 0 Å². The average Bonchev–Trinajstić information content (AvgIpc) is 2.36. The molecule has 0 aromatic heterocycles. The number of likely N-dealkylation sites (N-methyl/N-ethyl adjacent to an activating group) is 1. The van der Waals surface area contributed by atoms with Crippen LogP contribution in [0.3, 0.4) is 0 Å². The van der Waals surface area contributed by atoms with Gasteiger partial charge in [-0.1, -0.05) is 44.2 Å². The molecule has 0 heterocycles. The average molecular weight is 248 g/mol. The molecule has 0 saturated heterocycles. The van der Waals surface area contributed by atoms with E-state index in [0.29, 0.717) is 6.54 Å². The zero-order chi connectivity index (χ0) is 13.6. The van der Waals surface area contributed by atoms with Crippen molar-refractivity contribution in [1.82, 2.24) is 4.90 Å². The molecule has 18 heavy (non-hydrogen) atoms. The molecule has 1 rings (SSSR count). The van der Waals surface area contributed by atoms with Crippen molar-refractivity contribution in [2.75, 3.05) is 20.1 Å². The van der Waals surface area contributed by atoms with Gasteiger partial charge in [0.1, 0.15) is 0 Å². The Morgan fingerprint density at radius 2 is 1.83 bits per heavy atom. The summed E-state index contributed by atoms with van der Waals surface area (Å²) < 4.78 is 0. The molecule has 0 spiro atoms. The monoisotopic (exact) mass is 248 g/mol. The maximum Gasteiger partial charge on any atom is 0.0340 e. The number of rotatable bonds is 7. The van der Waals surface area contributed by atoms with E-state index < -0.39 is 0 Å². The largest absolute Gasteiger partial charge is 0.329 e. The minimum absolute atomic E-state index is 0.0518. The second kappa shape index (κ2) is 6.91. The van der Waals surface area contributed by atoms with Crippen molar-refractivity contribution in [2.24, 2.45) is 11.7 Å². The van der Waals surface area contributed by atoms with E-state index in [0.717, 1.165) is 18.9 Å². The highest BCUT2D eigenvalue weighted by Crippen LogP contribution is 2.19. The third-order valence-corrected chi connectivity index (χ3v) is 3.83. The number of nitrogens with zero attached hydrogens (tertiary/aromatic N) is 1. The predicted molar refractivity (Wildman–Crippen MR) is 79.7 cm³/mol. The molecule has 1 atom stereocenters. The summed E-state index contributed by atoms with van der Waals surface area (Å²) in [6.07, 6.45) is 2.24. The Kier molecular flexibility index (Phi) is 5.83. The van der Waals surface area contributed by atoms with Crippen LogP contribution in [0.4, 0.5) is 0 Å². The van der Waals surface area contributed by atoms with Gasteiger partial charge in [0.2, 0.25) is 0 Å². The molecule has 102 valence electrons. The fourth-order valence-corrected chi connectivity index (χ4v) is 2.12. The van der Waals surface area contributed by atoms with Crippen LogP contribution in [0.15, 0.2) is 30.3 Å². The van der Waals surface area contributed by atoms with E-state index in [9.17, 15) is 0 Å². The van der Waals surface area contributed by atoms with Crippen LogP contribution in [-0.4, -0.2) is 30.6 Å². The Labute approximate surface area is 112 Å². The Balaban J connectivity index is 2.66.